The van der Waals surface area contributed by atoms with Gasteiger partial charge in [-0.2, -0.15) is 0 Å². The average molecular weight is 429 g/mol. The van der Waals surface area contributed by atoms with Crippen molar-refractivity contribution in [3.05, 3.63) is 74.8 Å². The van der Waals surface area contributed by atoms with Crippen molar-refractivity contribution >= 4 is 23.3 Å². The van der Waals surface area contributed by atoms with Gasteiger partial charge in [0.05, 0.1) is 17.4 Å². The summed E-state index contributed by atoms with van der Waals surface area (Å²) in [7, 11) is 2.11. The summed E-state index contributed by atoms with van der Waals surface area (Å²) < 4.78 is 5.71. The maximum atomic E-state index is 13.2. The van der Waals surface area contributed by atoms with Crippen LogP contribution in [0, 0.1) is 16.0 Å². The molecule has 2 aliphatic heterocycles. The van der Waals surface area contributed by atoms with E-state index in [1.807, 2.05) is 24.3 Å². The first-order chi connectivity index (χ1) is 14.4. The molecule has 158 valence electrons. The Labute approximate surface area is 180 Å². The summed E-state index contributed by atoms with van der Waals surface area (Å²) >= 11 is 6.06. The molecule has 0 aliphatic carbocycles. The molecule has 2 fully saturated rings. The van der Waals surface area contributed by atoms with Crippen LogP contribution >= 0.6 is 11.6 Å². The van der Waals surface area contributed by atoms with E-state index in [9.17, 15) is 14.9 Å². The number of nitro benzene ring substituents is 1. The van der Waals surface area contributed by atoms with Crippen molar-refractivity contribution in [2.24, 2.45) is 5.92 Å². The molecule has 2 aromatic carbocycles. The van der Waals surface area contributed by atoms with Crippen LogP contribution < -0.4 is 0 Å². The van der Waals surface area contributed by atoms with E-state index in [1.54, 1.807) is 12.1 Å². The Bertz CT molecular complexity index is 916. The van der Waals surface area contributed by atoms with Gasteiger partial charge in [-0.1, -0.05) is 35.9 Å². The van der Waals surface area contributed by atoms with Crippen molar-refractivity contribution in [1.29, 1.82) is 0 Å². The van der Waals surface area contributed by atoms with Crippen molar-refractivity contribution in [3.63, 3.8) is 0 Å². The van der Waals surface area contributed by atoms with Crippen LogP contribution in [0.4, 0.5) is 5.69 Å². The Morgan fingerprint density at radius 1 is 1.17 bits per heavy atom. The van der Waals surface area contributed by atoms with E-state index >= 15 is 0 Å². The Kier molecular flexibility index (Phi) is 6.06. The van der Waals surface area contributed by atoms with E-state index in [0.717, 1.165) is 30.4 Å². The third-order valence-electron chi connectivity index (χ3n) is 6.62. The highest BCUT2D eigenvalue weighted by molar-refractivity contribution is 6.30. The van der Waals surface area contributed by atoms with Crippen molar-refractivity contribution in [2.45, 2.75) is 43.7 Å². The lowest BCUT2D eigenvalue weighted by Gasteiger charge is -2.42. The Morgan fingerprint density at radius 3 is 2.53 bits per heavy atom. The fraction of sp³-hybridized carbons (Fsp3) is 0.435. The molecule has 4 atom stereocenters. The lowest BCUT2D eigenvalue weighted by Crippen LogP contribution is -2.49. The van der Waals surface area contributed by atoms with Crippen LogP contribution in [0.5, 0.6) is 0 Å². The van der Waals surface area contributed by atoms with Crippen LogP contribution in [-0.4, -0.2) is 41.5 Å². The highest BCUT2D eigenvalue weighted by Gasteiger charge is 2.49. The van der Waals surface area contributed by atoms with E-state index in [1.165, 1.54) is 12.1 Å². The summed E-state index contributed by atoms with van der Waals surface area (Å²) in [5.41, 5.74) is 2.11. The quantitative estimate of drug-likeness (QED) is 0.382. The molecule has 2 bridgehead atoms. The molecule has 4 rings (SSSR count). The monoisotopic (exact) mass is 428 g/mol. The Morgan fingerprint density at radius 2 is 1.87 bits per heavy atom. The van der Waals surface area contributed by atoms with Crippen molar-refractivity contribution in [2.75, 3.05) is 13.7 Å². The molecule has 2 saturated heterocycles. The van der Waals surface area contributed by atoms with E-state index in [-0.39, 0.29) is 36.1 Å². The third-order valence-corrected chi connectivity index (χ3v) is 6.87. The lowest BCUT2D eigenvalue weighted by atomic mass is 9.76. The molecule has 2 aliphatic rings. The van der Waals surface area contributed by atoms with Gasteiger partial charge in [0.2, 0.25) is 0 Å². The minimum atomic E-state index is -0.421. The standard InChI is InChI=1S/C23H25ClN2O4/c1-25-19-10-11-21(25)22(20(14-19)16-4-6-17(24)7-5-16)23(27)30-13-12-15-2-8-18(9-3-15)26(28)29/h2-9,19-22H,10-14H2,1H3. The van der Waals surface area contributed by atoms with Gasteiger partial charge in [0, 0.05) is 41.6 Å². The zero-order valence-corrected chi connectivity index (χ0v) is 17.6. The molecule has 0 spiro atoms. The maximum absolute atomic E-state index is 13.2. The summed E-state index contributed by atoms with van der Waals surface area (Å²) in [6.45, 7) is 0.264. The molecule has 0 amide bonds. The molecule has 0 radical (unpaired) electrons. The predicted molar refractivity (Wildman–Crippen MR) is 115 cm³/mol. The molecular formula is C23H25ClN2O4. The zero-order valence-electron chi connectivity index (χ0n) is 16.9. The van der Waals surface area contributed by atoms with Gasteiger partial charge >= 0.3 is 5.97 Å². The number of non-ortho nitro benzene ring substituents is 1. The Balaban J connectivity index is 1.44. The van der Waals surface area contributed by atoms with Gasteiger partial charge in [-0.25, -0.2) is 0 Å². The first kappa shape index (κ1) is 20.8. The number of benzene rings is 2. The number of hydrogen-bond acceptors (Lipinski definition) is 5. The van der Waals surface area contributed by atoms with Gasteiger partial charge in [0.25, 0.3) is 5.69 Å². The maximum Gasteiger partial charge on any atom is 0.311 e. The Hall–Kier alpha value is -2.44. The minimum Gasteiger partial charge on any atom is -0.465 e. The molecule has 30 heavy (non-hydrogen) atoms. The van der Waals surface area contributed by atoms with Crippen molar-refractivity contribution < 1.29 is 14.5 Å². The number of carbonyl (C=O) groups is 1. The summed E-state index contributed by atoms with van der Waals surface area (Å²) in [6.07, 6.45) is 3.59. The molecule has 4 unspecified atom stereocenters. The van der Waals surface area contributed by atoms with Gasteiger partial charge in [-0.15, -0.1) is 0 Å². The highest BCUT2D eigenvalue weighted by atomic mass is 35.5. The van der Waals surface area contributed by atoms with Crippen molar-refractivity contribution in [3.8, 4) is 0 Å². The largest absolute Gasteiger partial charge is 0.465 e. The number of carbonyl (C=O) groups excluding carboxylic acids is 1. The second kappa shape index (κ2) is 8.74. The van der Waals surface area contributed by atoms with Gasteiger partial charge in [-0.3, -0.25) is 19.8 Å². The predicted octanol–water partition coefficient (Wildman–Crippen LogP) is 4.60. The number of nitrogens with zero attached hydrogens (tertiary/aromatic N) is 2. The highest BCUT2D eigenvalue weighted by Crippen LogP contribution is 2.46. The van der Waals surface area contributed by atoms with Gasteiger partial charge in [-0.05, 0) is 49.6 Å². The smallest absolute Gasteiger partial charge is 0.311 e. The fourth-order valence-corrected chi connectivity index (χ4v) is 5.12. The number of halogens is 1. The third kappa shape index (κ3) is 4.20. The average Bonchev–Trinajstić information content (AvgIpc) is 2.97. The van der Waals surface area contributed by atoms with E-state index in [0.29, 0.717) is 17.5 Å². The van der Waals surface area contributed by atoms with Crippen molar-refractivity contribution in [1.82, 2.24) is 4.90 Å². The van der Waals surface area contributed by atoms with Crippen LogP contribution in [0.25, 0.3) is 0 Å². The number of hydrogen-bond donors (Lipinski definition) is 0. The van der Waals surface area contributed by atoms with Gasteiger partial charge in [0.15, 0.2) is 0 Å². The van der Waals surface area contributed by atoms with Crippen LogP contribution in [0.1, 0.15) is 36.3 Å². The van der Waals surface area contributed by atoms with E-state index < -0.39 is 4.92 Å². The first-order valence-corrected chi connectivity index (χ1v) is 10.7. The molecule has 6 nitrogen and oxygen atoms in total. The fourth-order valence-electron chi connectivity index (χ4n) is 4.99. The molecule has 7 heteroatoms. The SMILES string of the molecule is CN1C2CCC1C(C(=O)OCCc1ccc([N+](=O)[O-])cc1)C(c1ccc(Cl)cc1)C2. The van der Waals surface area contributed by atoms with Crippen LogP contribution in [-0.2, 0) is 16.0 Å². The number of rotatable bonds is 6. The molecule has 0 N–H and O–H groups in total. The van der Waals surface area contributed by atoms with E-state index in [2.05, 4.69) is 11.9 Å². The molecular weight excluding hydrogens is 404 g/mol. The molecule has 0 aromatic heterocycles. The summed E-state index contributed by atoms with van der Waals surface area (Å²) in [5.74, 6) is -0.233. The van der Waals surface area contributed by atoms with Gasteiger partial charge < -0.3 is 4.74 Å². The first-order valence-electron chi connectivity index (χ1n) is 10.3. The lowest BCUT2D eigenvalue weighted by molar-refractivity contribution is -0.384. The number of piperidine rings is 1. The molecule has 2 heterocycles. The second-order valence-electron chi connectivity index (χ2n) is 8.22. The number of ether oxygens (including phenoxy) is 1. The number of fused-ring (bicyclic) bond motifs is 2. The number of nitro groups is 1. The van der Waals surface area contributed by atoms with E-state index in [4.69, 9.17) is 16.3 Å². The zero-order chi connectivity index (χ0) is 21.3. The van der Waals surface area contributed by atoms with Crippen LogP contribution in [0.3, 0.4) is 0 Å². The normalized spacial score (nSPS) is 25.8. The second-order valence-corrected chi connectivity index (χ2v) is 8.66. The topological polar surface area (TPSA) is 72.7 Å². The van der Waals surface area contributed by atoms with Gasteiger partial charge in [0.1, 0.15) is 0 Å². The number of esters is 1. The summed E-state index contributed by atoms with van der Waals surface area (Å²) in [6, 6.07) is 14.9. The van der Waals surface area contributed by atoms with Crippen LogP contribution in [0.15, 0.2) is 48.5 Å². The summed E-state index contributed by atoms with van der Waals surface area (Å²) in [5, 5.41) is 11.5. The molecule has 0 saturated carbocycles. The summed E-state index contributed by atoms with van der Waals surface area (Å²) in [4.78, 5) is 25.8. The van der Waals surface area contributed by atoms with Crippen LogP contribution in [0.2, 0.25) is 5.02 Å². The molecule has 2 aromatic rings. The minimum absolute atomic E-state index is 0.0579.